The molecular weight excluding hydrogens is 306 g/mol. The maximum Gasteiger partial charge on any atom is 0.272 e. The Labute approximate surface area is 119 Å². The maximum atomic E-state index is 12.3. The van der Waals surface area contributed by atoms with Crippen molar-refractivity contribution >= 4 is 33.2 Å². The summed E-state index contributed by atoms with van der Waals surface area (Å²) in [5, 5.41) is 2.90. The molecule has 1 aromatic carbocycles. The van der Waals surface area contributed by atoms with Crippen molar-refractivity contribution < 1.29 is 4.79 Å². The smallest absolute Gasteiger partial charge is 0.272 e. The second-order valence-electron chi connectivity index (χ2n) is 4.73. The van der Waals surface area contributed by atoms with E-state index in [-0.39, 0.29) is 5.91 Å². The van der Waals surface area contributed by atoms with Gasteiger partial charge in [0.05, 0.1) is 11.4 Å². The number of nitrogens with zero attached hydrogens (tertiary/aromatic N) is 1. The molecule has 0 atom stereocenters. The predicted molar refractivity (Wildman–Crippen MR) is 79.2 cm³/mol. The minimum atomic E-state index is -0.129. The van der Waals surface area contributed by atoms with E-state index in [1.807, 2.05) is 35.0 Å². The molecule has 0 saturated heterocycles. The zero-order chi connectivity index (χ0) is 13.4. The van der Waals surface area contributed by atoms with Crippen LogP contribution >= 0.6 is 15.9 Å². The van der Waals surface area contributed by atoms with Crippen LogP contribution in [0.2, 0.25) is 0 Å². The molecule has 0 spiro atoms. The number of carbonyl (C=O) groups excluding carboxylic acids is 1. The SMILES string of the molecule is Nc1cc(C(=O)Nc2ccccc2Br)n(C2CC2)c1. The second-order valence-corrected chi connectivity index (χ2v) is 5.59. The number of nitrogens with one attached hydrogen (secondary N) is 1. The lowest BCUT2D eigenvalue weighted by atomic mass is 10.3. The minimum Gasteiger partial charge on any atom is -0.397 e. The Bertz CT molecular complexity index is 631. The third-order valence-electron chi connectivity index (χ3n) is 3.16. The molecule has 1 aliphatic rings. The summed E-state index contributed by atoms with van der Waals surface area (Å²) in [6, 6.07) is 9.70. The molecule has 1 aliphatic carbocycles. The molecule has 1 amide bonds. The van der Waals surface area contributed by atoms with Crippen LogP contribution in [0.15, 0.2) is 41.0 Å². The highest BCUT2D eigenvalue weighted by Gasteiger charge is 2.27. The number of rotatable bonds is 3. The molecule has 1 fully saturated rings. The van der Waals surface area contributed by atoms with Crippen LogP contribution < -0.4 is 11.1 Å². The van der Waals surface area contributed by atoms with Gasteiger partial charge in [-0.05, 0) is 47.0 Å². The fourth-order valence-electron chi connectivity index (χ4n) is 2.09. The van der Waals surface area contributed by atoms with Gasteiger partial charge in [-0.3, -0.25) is 4.79 Å². The van der Waals surface area contributed by atoms with Gasteiger partial charge in [-0.15, -0.1) is 0 Å². The number of aromatic nitrogens is 1. The van der Waals surface area contributed by atoms with Gasteiger partial charge in [0, 0.05) is 16.7 Å². The van der Waals surface area contributed by atoms with Crippen molar-refractivity contribution in [3.8, 4) is 0 Å². The molecule has 3 N–H and O–H groups in total. The van der Waals surface area contributed by atoms with E-state index in [1.54, 1.807) is 6.07 Å². The lowest BCUT2D eigenvalue weighted by molar-refractivity contribution is 0.101. The molecule has 5 heteroatoms. The maximum absolute atomic E-state index is 12.3. The molecule has 1 heterocycles. The van der Waals surface area contributed by atoms with Gasteiger partial charge in [-0.2, -0.15) is 0 Å². The van der Waals surface area contributed by atoms with Crippen LogP contribution in [-0.4, -0.2) is 10.5 Å². The molecule has 98 valence electrons. The Kier molecular flexibility index (Phi) is 3.06. The lowest BCUT2D eigenvalue weighted by Gasteiger charge is -2.09. The Morgan fingerprint density at radius 1 is 1.37 bits per heavy atom. The fourth-order valence-corrected chi connectivity index (χ4v) is 2.47. The van der Waals surface area contributed by atoms with E-state index < -0.39 is 0 Å². The molecule has 2 aromatic rings. The molecule has 0 bridgehead atoms. The zero-order valence-electron chi connectivity index (χ0n) is 10.3. The molecule has 0 radical (unpaired) electrons. The Morgan fingerprint density at radius 3 is 2.79 bits per heavy atom. The minimum absolute atomic E-state index is 0.129. The summed E-state index contributed by atoms with van der Waals surface area (Å²) in [5.74, 6) is -0.129. The standard InChI is InChI=1S/C14H14BrN3O/c15-11-3-1-2-4-12(11)17-14(19)13-7-9(16)8-18(13)10-5-6-10/h1-4,7-8,10H,5-6,16H2,(H,17,19). The van der Waals surface area contributed by atoms with E-state index >= 15 is 0 Å². The summed E-state index contributed by atoms with van der Waals surface area (Å²) in [7, 11) is 0. The summed E-state index contributed by atoms with van der Waals surface area (Å²) in [6.07, 6.45) is 4.07. The van der Waals surface area contributed by atoms with Gasteiger partial charge in [-0.1, -0.05) is 12.1 Å². The molecule has 3 rings (SSSR count). The molecule has 4 nitrogen and oxygen atoms in total. The van der Waals surface area contributed by atoms with Crippen LogP contribution in [-0.2, 0) is 0 Å². The highest BCUT2D eigenvalue weighted by Crippen LogP contribution is 2.37. The third kappa shape index (κ3) is 2.51. The Hall–Kier alpha value is -1.75. The zero-order valence-corrected chi connectivity index (χ0v) is 11.9. The van der Waals surface area contributed by atoms with Crippen molar-refractivity contribution in [2.75, 3.05) is 11.1 Å². The number of carbonyl (C=O) groups is 1. The van der Waals surface area contributed by atoms with Crippen LogP contribution in [0.5, 0.6) is 0 Å². The Morgan fingerprint density at radius 2 is 2.11 bits per heavy atom. The number of halogens is 1. The van der Waals surface area contributed by atoms with E-state index in [4.69, 9.17) is 5.73 Å². The van der Waals surface area contributed by atoms with Crippen LogP contribution in [0.1, 0.15) is 29.4 Å². The van der Waals surface area contributed by atoms with E-state index in [9.17, 15) is 4.79 Å². The first-order valence-corrected chi connectivity index (χ1v) is 6.97. The van der Waals surface area contributed by atoms with Gasteiger partial charge in [-0.25, -0.2) is 0 Å². The van der Waals surface area contributed by atoms with Gasteiger partial charge in [0.15, 0.2) is 0 Å². The molecule has 0 aliphatic heterocycles. The van der Waals surface area contributed by atoms with E-state index in [0.29, 0.717) is 17.4 Å². The van der Waals surface area contributed by atoms with Crippen molar-refractivity contribution in [1.29, 1.82) is 0 Å². The monoisotopic (exact) mass is 319 g/mol. The molecule has 19 heavy (non-hydrogen) atoms. The van der Waals surface area contributed by atoms with Crippen molar-refractivity contribution in [3.63, 3.8) is 0 Å². The van der Waals surface area contributed by atoms with E-state index in [2.05, 4.69) is 21.2 Å². The summed E-state index contributed by atoms with van der Waals surface area (Å²) in [6.45, 7) is 0. The summed E-state index contributed by atoms with van der Waals surface area (Å²) in [4.78, 5) is 12.3. The number of hydrogen-bond donors (Lipinski definition) is 2. The van der Waals surface area contributed by atoms with Gasteiger partial charge >= 0.3 is 0 Å². The average molecular weight is 320 g/mol. The highest BCUT2D eigenvalue weighted by atomic mass is 79.9. The largest absolute Gasteiger partial charge is 0.397 e. The van der Waals surface area contributed by atoms with Crippen LogP contribution in [0, 0.1) is 0 Å². The molecular formula is C14H14BrN3O. The van der Waals surface area contributed by atoms with E-state index in [1.165, 1.54) is 0 Å². The number of nitrogens with two attached hydrogens (primary N) is 1. The lowest BCUT2D eigenvalue weighted by Crippen LogP contribution is -2.16. The fraction of sp³-hybridized carbons (Fsp3) is 0.214. The van der Waals surface area contributed by atoms with Crippen molar-refractivity contribution in [2.45, 2.75) is 18.9 Å². The summed E-state index contributed by atoms with van der Waals surface area (Å²) >= 11 is 3.42. The number of para-hydroxylation sites is 1. The summed E-state index contributed by atoms with van der Waals surface area (Å²) in [5.41, 5.74) is 7.80. The number of anilines is 2. The van der Waals surface area contributed by atoms with Crippen molar-refractivity contribution in [1.82, 2.24) is 4.57 Å². The van der Waals surface area contributed by atoms with Crippen molar-refractivity contribution in [3.05, 3.63) is 46.7 Å². The topological polar surface area (TPSA) is 60.1 Å². The first-order chi connectivity index (χ1) is 9.15. The predicted octanol–water partition coefficient (Wildman–Crippen LogP) is 3.42. The van der Waals surface area contributed by atoms with Crippen LogP contribution in [0.4, 0.5) is 11.4 Å². The normalized spacial score (nSPS) is 14.4. The Balaban J connectivity index is 1.86. The van der Waals surface area contributed by atoms with Gasteiger partial charge in [0.1, 0.15) is 5.69 Å². The molecule has 1 aromatic heterocycles. The van der Waals surface area contributed by atoms with Crippen LogP contribution in [0.25, 0.3) is 0 Å². The summed E-state index contributed by atoms with van der Waals surface area (Å²) < 4.78 is 2.84. The third-order valence-corrected chi connectivity index (χ3v) is 3.86. The molecule has 0 unspecified atom stereocenters. The van der Waals surface area contributed by atoms with Gasteiger partial charge in [0.2, 0.25) is 0 Å². The number of amides is 1. The number of nitrogen functional groups attached to an aromatic ring is 1. The van der Waals surface area contributed by atoms with Gasteiger partial charge < -0.3 is 15.6 Å². The number of hydrogen-bond acceptors (Lipinski definition) is 2. The first-order valence-electron chi connectivity index (χ1n) is 6.18. The first kappa shape index (κ1) is 12.3. The average Bonchev–Trinajstić information content (AvgIpc) is 3.15. The van der Waals surface area contributed by atoms with E-state index in [0.717, 1.165) is 23.0 Å². The highest BCUT2D eigenvalue weighted by molar-refractivity contribution is 9.10. The van der Waals surface area contributed by atoms with Crippen LogP contribution in [0.3, 0.4) is 0 Å². The molecule has 1 saturated carbocycles. The quantitative estimate of drug-likeness (QED) is 0.910. The van der Waals surface area contributed by atoms with Gasteiger partial charge in [0.25, 0.3) is 5.91 Å². The second kappa shape index (κ2) is 4.74. The van der Waals surface area contributed by atoms with Crippen molar-refractivity contribution in [2.24, 2.45) is 0 Å². The number of benzene rings is 1.